The van der Waals surface area contributed by atoms with Crippen LogP contribution in [0.2, 0.25) is 5.02 Å². The van der Waals surface area contributed by atoms with Crippen LogP contribution in [0.25, 0.3) is 0 Å². The third-order valence-electron chi connectivity index (χ3n) is 4.45. The highest BCUT2D eigenvalue weighted by atomic mass is 35.5. The highest BCUT2D eigenvalue weighted by Crippen LogP contribution is 2.29. The molecule has 1 aliphatic rings. The lowest BCUT2D eigenvalue weighted by Crippen LogP contribution is -2.45. The molecule has 0 radical (unpaired) electrons. The number of nitrogens with one attached hydrogen (secondary N) is 1. The van der Waals surface area contributed by atoms with Crippen LogP contribution in [0.3, 0.4) is 0 Å². The van der Waals surface area contributed by atoms with Crippen molar-refractivity contribution in [3.63, 3.8) is 0 Å². The van der Waals surface area contributed by atoms with Gasteiger partial charge < -0.3 is 15.2 Å². The molecule has 6 heteroatoms. The first kappa shape index (κ1) is 16.7. The Morgan fingerprint density at radius 2 is 2.10 bits per heavy atom. The van der Waals surface area contributed by atoms with Crippen LogP contribution in [0.15, 0.2) is 0 Å². The van der Waals surface area contributed by atoms with Gasteiger partial charge in [0.2, 0.25) is 0 Å². The Kier molecular flexibility index (Phi) is 5.66. The molecule has 2 N–H and O–H groups in total. The number of hydrogen-bond donors (Lipinski definition) is 2. The van der Waals surface area contributed by atoms with E-state index in [1.54, 1.807) is 0 Å². The van der Waals surface area contributed by atoms with E-state index in [0.717, 1.165) is 55.6 Å². The Morgan fingerprint density at radius 3 is 2.62 bits per heavy atom. The molecule has 1 aliphatic heterocycles. The molecule has 2 heterocycles. The smallest absolute Gasteiger partial charge is 0.0844 e. The normalized spacial score (nSPS) is 19.7. The number of hydrogen-bond acceptors (Lipinski definition) is 4. The van der Waals surface area contributed by atoms with Gasteiger partial charge in [-0.15, -0.1) is 0 Å². The van der Waals surface area contributed by atoms with Gasteiger partial charge in [0.15, 0.2) is 0 Å². The first-order valence-electron chi connectivity index (χ1n) is 7.59. The first-order valence-corrected chi connectivity index (χ1v) is 7.97. The molecule has 0 aliphatic carbocycles. The minimum atomic E-state index is -0.0424. The van der Waals surface area contributed by atoms with Crippen molar-refractivity contribution >= 4 is 11.6 Å². The maximum atomic E-state index is 9.70. The molecule has 1 aromatic rings. The summed E-state index contributed by atoms with van der Waals surface area (Å²) in [5, 5.41) is 18.4. The van der Waals surface area contributed by atoms with Crippen LogP contribution in [0.5, 0.6) is 0 Å². The summed E-state index contributed by atoms with van der Waals surface area (Å²) >= 11 is 6.17. The van der Waals surface area contributed by atoms with E-state index in [4.69, 9.17) is 16.3 Å². The Balaban J connectivity index is 1.89. The number of aromatic nitrogens is 2. The van der Waals surface area contributed by atoms with Crippen molar-refractivity contribution in [2.75, 3.05) is 26.4 Å². The highest BCUT2D eigenvalue weighted by molar-refractivity contribution is 6.31. The molecule has 21 heavy (non-hydrogen) atoms. The quantitative estimate of drug-likeness (QED) is 0.842. The van der Waals surface area contributed by atoms with Crippen LogP contribution in [-0.2, 0) is 11.3 Å². The van der Waals surface area contributed by atoms with Crippen molar-refractivity contribution in [1.29, 1.82) is 0 Å². The lowest BCUT2D eigenvalue weighted by molar-refractivity contribution is -0.0165. The Hall–Kier alpha value is -0.620. The molecule has 120 valence electrons. The zero-order valence-electron chi connectivity index (χ0n) is 13.2. The fourth-order valence-electron chi connectivity index (χ4n) is 2.76. The van der Waals surface area contributed by atoms with E-state index < -0.39 is 0 Å². The fourth-order valence-corrected chi connectivity index (χ4v) is 2.90. The number of aliphatic hydroxyl groups is 1. The minimum Gasteiger partial charge on any atom is -0.396 e. The molecule has 0 spiro atoms. The number of ether oxygens (including phenoxy) is 1. The number of aryl methyl sites for hydroxylation is 1. The predicted octanol–water partition coefficient (Wildman–Crippen LogP) is 1.92. The second-order valence-electron chi connectivity index (χ2n) is 6.22. The average molecular weight is 316 g/mol. The van der Waals surface area contributed by atoms with Gasteiger partial charge in [0.1, 0.15) is 0 Å². The first-order chi connectivity index (χ1) is 9.97. The Morgan fingerprint density at radius 1 is 1.43 bits per heavy atom. The molecule has 1 unspecified atom stereocenters. The van der Waals surface area contributed by atoms with Gasteiger partial charge in [-0.05, 0) is 33.6 Å². The summed E-state index contributed by atoms with van der Waals surface area (Å²) in [6.07, 6.45) is 1.82. The fraction of sp³-hybridized carbons (Fsp3) is 0.800. The van der Waals surface area contributed by atoms with Gasteiger partial charge in [-0.25, -0.2) is 0 Å². The van der Waals surface area contributed by atoms with Crippen LogP contribution >= 0.6 is 11.6 Å². The van der Waals surface area contributed by atoms with Gasteiger partial charge in [0, 0.05) is 31.2 Å². The number of halogens is 1. The molecule has 2 rings (SSSR count). The molecule has 0 amide bonds. The van der Waals surface area contributed by atoms with Crippen molar-refractivity contribution in [3.05, 3.63) is 16.4 Å². The van der Waals surface area contributed by atoms with E-state index >= 15 is 0 Å². The summed E-state index contributed by atoms with van der Waals surface area (Å²) in [5.74, 6) is 0. The minimum absolute atomic E-state index is 0.0424. The predicted molar refractivity (Wildman–Crippen MR) is 83.7 cm³/mol. The number of rotatable bonds is 6. The second kappa shape index (κ2) is 7.09. The molecule has 0 bridgehead atoms. The third-order valence-corrected chi connectivity index (χ3v) is 5.00. The van der Waals surface area contributed by atoms with E-state index in [0.29, 0.717) is 0 Å². The average Bonchev–Trinajstić information content (AvgIpc) is 2.73. The van der Waals surface area contributed by atoms with E-state index in [1.165, 1.54) is 0 Å². The number of nitrogens with zero attached hydrogens (tertiary/aromatic N) is 2. The SMILES string of the molecule is Cc1nn(CC(C)NCC2(CO)CCOCC2)c(C)c1Cl. The van der Waals surface area contributed by atoms with Crippen molar-refractivity contribution in [2.45, 2.75) is 46.2 Å². The Labute approximate surface area is 131 Å². The maximum Gasteiger partial charge on any atom is 0.0844 e. The van der Waals surface area contributed by atoms with Crippen LogP contribution in [-0.4, -0.2) is 47.3 Å². The van der Waals surface area contributed by atoms with Crippen LogP contribution in [0, 0.1) is 19.3 Å². The summed E-state index contributed by atoms with van der Waals surface area (Å²) in [6.45, 7) is 9.32. The standard InChI is InChI=1S/C15H26ClN3O2/c1-11(8-19-13(3)14(16)12(2)18-19)17-9-15(10-20)4-6-21-7-5-15/h11,17,20H,4-10H2,1-3H3. The van der Waals surface area contributed by atoms with Crippen LogP contribution in [0.4, 0.5) is 0 Å². The summed E-state index contributed by atoms with van der Waals surface area (Å²) < 4.78 is 7.34. The lowest BCUT2D eigenvalue weighted by Gasteiger charge is -2.36. The van der Waals surface area contributed by atoms with Crippen molar-refractivity contribution in [1.82, 2.24) is 15.1 Å². The van der Waals surface area contributed by atoms with Gasteiger partial charge in [-0.1, -0.05) is 11.6 Å². The largest absolute Gasteiger partial charge is 0.396 e. The highest BCUT2D eigenvalue weighted by Gasteiger charge is 2.32. The molecule has 1 atom stereocenters. The molecule has 5 nitrogen and oxygen atoms in total. The molecule has 1 fully saturated rings. The van der Waals surface area contributed by atoms with Gasteiger partial charge in [0.05, 0.1) is 29.6 Å². The van der Waals surface area contributed by atoms with E-state index in [1.807, 2.05) is 18.5 Å². The van der Waals surface area contributed by atoms with Crippen molar-refractivity contribution in [2.24, 2.45) is 5.41 Å². The molecule has 1 saturated heterocycles. The molecular formula is C15H26ClN3O2. The van der Waals surface area contributed by atoms with Crippen molar-refractivity contribution in [3.8, 4) is 0 Å². The van der Waals surface area contributed by atoms with Gasteiger partial charge >= 0.3 is 0 Å². The second-order valence-corrected chi connectivity index (χ2v) is 6.60. The van der Waals surface area contributed by atoms with E-state index in [9.17, 15) is 5.11 Å². The summed E-state index contributed by atoms with van der Waals surface area (Å²) in [7, 11) is 0. The zero-order chi connectivity index (χ0) is 15.5. The van der Waals surface area contributed by atoms with Crippen molar-refractivity contribution < 1.29 is 9.84 Å². The molecule has 0 aromatic carbocycles. The van der Waals surface area contributed by atoms with E-state index in [-0.39, 0.29) is 18.1 Å². The zero-order valence-corrected chi connectivity index (χ0v) is 13.9. The van der Waals surface area contributed by atoms with Gasteiger partial charge in [-0.3, -0.25) is 4.68 Å². The van der Waals surface area contributed by atoms with Gasteiger partial charge in [0.25, 0.3) is 0 Å². The van der Waals surface area contributed by atoms with E-state index in [2.05, 4.69) is 17.3 Å². The van der Waals surface area contributed by atoms with Crippen LogP contribution < -0.4 is 5.32 Å². The molecule has 0 saturated carbocycles. The topological polar surface area (TPSA) is 59.3 Å². The molecule has 1 aromatic heterocycles. The Bertz CT molecular complexity index is 470. The third kappa shape index (κ3) is 3.97. The monoisotopic (exact) mass is 315 g/mol. The van der Waals surface area contributed by atoms with Crippen LogP contribution in [0.1, 0.15) is 31.2 Å². The summed E-state index contributed by atoms with van der Waals surface area (Å²) in [4.78, 5) is 0. The number of aliphatic hydroxyl groups excluding tert-OH is 1. The van der Waals surface area contributed by atoms with Gasteiger partial charge in [-0.2, -0.15) is 5.10 Å². The lowest BCUT2D eigenvalue weighted by atomic mass is 9.81. The molecular weight excluding hydrogens is 290 g/mol. The summed E-state index contributed by atoms with van der Waals surface area (Å²) in [6, 6.07) is 0.269. The summed E-state index contributed by atoms with van der Waals surface area (Å²) in [5.41, 5.74) is 1.84. The maximum absolute atomic E-state index is 9.70.